The summed E-state index contributed by atoms with van der Waals surface area (Å²) in [7, 11) is 1.62. The normalized spacial score (nSPS) is 18.9. The van der Waals surface area contributed by atoms with Crippen molar-refractivity contribution in [1.82, 2.24) is 9.78 Å². The topological polar surface area (TPSA) is 56.1 Å². The van der Waals surface area contributed by atoms with Crippen LogP contribution in [0.25, 0.3) is 5.69 Å². The number of carbonyl (C=O) groups is 1. The molecule has 2 heterocycles. The second-order valence-electron chi connectivity index (χ2n) is 6.66. The monoisotopic (exact) mass is 397 g/mol. The zero-order valence-electron chi connectivity index (χ0n) is 15.8. The summed E-state index contributed by atoms with van der Waals surface area (Å²) in [6.07, 6.45) is 0. The van der Waals surface area contributed by atoms with Gasteiger partial charge < -0.3 is 10.1 Å². The van der Waals surface area contributed by atoms with Crippen LogP contribution >= 0.6 is 11.8 Å². The standard InChI is InChI=1S/C21H20FN3O2S/c1-12-18-19(14-4-6-15(22)7-5-14)28-13(2)21(26)23-20(18)25(24-12)16-8-10-17(27-3)11-9-16/h4-11,13,19H,1-3H3,(H,23,26)/t13-,19+/m1/s1. The van der Waals surface area contributed by atoms with Gasteiger partial charge in [-0.15, -0.1) is 11.8 Å². The van der Waals surface area contributed by atoms with Gasteiger partial charge in [0.25, 0.3) is 0 Å². The van der Waals surface area contributed by atoms with Crippen LogP contribution in [0.2, 0.25) is 0 Å². The largest absolute Gasteiger partial charge is 0.497 e. The van der Waals surface area contributed by atoms with Crippen LogP contribution in [0.3, 0.4) is 0 Å². The Morgan fingerprint density at radius 3 is 2.46 bits per heavy atom. The van der Waals surface area contributed by atoms with Crippen molar-refractivity contribution >= 4 is 23.5 Å². The molecule has 2 aromatic carbocycles. The Balaban J connectivity index is 1.87. The van der Waals surface area contributed by atoms with Crippen LogP contribution in [0.1, 0.15) is 29.0 Å². The number of hydrogen-bond acceptors (Lipinski definition) is 4. The van der Waals surface area contributed by atoms with E-state index < -0.39 is 0 Å². The molecule has 0 bridgehead atoms. The molecule has 0 saturated carbocycles. The predicted octanol–water partition coefficient (Wildman–Crippen LogP) is 4.49. The molecule has 0 saturated heterocycles. The van der Waals surface area contributed by atoms with Crippen LogP contribution in [0, 0.1) is 12.7 Å². The van der Waals surface area contributed by atoms with Gasteiger partial charge in [0.1, 0.15) is 17.4 Å². The van der Waals surface area contributed by atoms with Crippen molar-refractivity contribution in [3.8, 4) is 11.4 Å². The summed E-state index contributed by atoms with van der Waals surface area (Å²) in [6.45, 7) is 3.81. The van der Waals surface area contributed by atoms with Crippen LogP contribution in [0.5, 0.6) is 5.75 Å². The number of nitrogens with one attached hydrogen (secondary N) is 1. The summed E-state index contributed by atoms with van der Waals surface area (Å²) < 4.78 is 20.4. The van der Waals surface area contributed by atoms with Gasteiger partial charge in [0, 0.05) is 5.56 Å². The molecule has 1 aromatic heterocycles. The number of carbonyl (C=O) groups excluding carboxylic acids is 1. The first-order valence-electron chi connectivity index (χ1n) is 8.93. The number of benzene rings is 2. The number of thioether (sulfide) groups is 1. The van der Waals surface area contributed by atoms with Gasteiger partial charge in [-0.05, 0) is 55.8 Å². The molecule has 7 heteroatoms. The molecule has 28 heavy (non-hydrogen) atoms. The van der Waals surface area contributed by atoms with Crippen LogP contribution in [-0.2, 0) is 4.79 Å². The first-order valence-corrected chi connectivity index (χ1v) is 9.88. The smallest absolute Gasteiger partial charge is 0.238 e. The lowest BCUT2D eigenvalue weighted by atomic mass is 10.0. The number of fused-ring (bicyclic) bond motifs is 1. The molecular weight excluding hydrogens is 377 g/mol. The highest BCUT2D eigenvalue weighted by molar-refractivity contribution is 8.01. The maximum Gasteiger partial charge on any atom is 0.238 e. The molecule has 0 spiro atoms. The number of anilines is 1. The first kappa shape index (κ1) is 18.6. The van der Waals surface area contributed by atoms with E-state index in [2.05, 4.69) is 10.4 Å². The summed E-state index contributed by atoms with van der Waals surface area (Å²) in [5, 5.41) is 7.33. The van der Waals surface area contributed by atoms with Crippen LogP contribution in [0.15, 0.2) is 48.5 Å². The molecule has 0 radical (unpaired) electrons. The molecule has 0 aliphatic carbocycles. The molecule has 1 amide bonds. The summed E-state index contributed by atoms with van der Waals surface area (Å²) in [6, 6.07) is 13.9. The van der Waals surface area contributed by atoms with E-state index in [1.54, 1.807) is 23.9 Å². The fourth-order valence-corrected chi connectivity index (χ4v) is 4.64. The number of aryl methyl sites for hydroxylation is 1. The van der Waals surface area contributed by atoms with Gasteiger partial charge in [-0.25, -0.2) is 9.07 Å². The molecule has 0 fully saturated rings. The van der Waals surface area contributed by atoms with E-state index in [1.807, 2.05) is 38.1 Å². The quantitative estimate of drug-likeness (QED) is 0.707. The molecule has 0 unspecified atom stereocenters. The number of amides is 1. The lowest BCUT2D eigenvalue weighted by Gasteiger charge is -2.17. The maximum atomic E-state index is 13.4. The molecule has 5 nitrogen and oxygen atoms in total. The van der Waals surface area contributed by atoms with E-state index in [-0.39, 0.29) is 22.2 Å². The zero-order chi connectivity index (χ0) is 19.8. The number of aromatic nitrogens is 2. The minimum absolute atomic E-state index is 0.0782. The number of rotatable bonds is 3. The third kappa shape index (κ3) is 3.26. The summed E-state index contributed by atoms with van der Waals surface area (Å²) in [5.74, 6) is 1.04. The Kier molecular flexibility index (Phi) is 4.85. The Hall–Kier alpha value is -2.80. The van der Waals surface area contributed by atoms with Gasteiger partial charge in [-0.3, -0.25) is 4.79 Å². The van der Waals surface area contributed by atoms with Crippen molar-refractivity contribution in [3.63, 3.8) is 0 Å². The highest BCUT2D eigenvalue weighted by Gasteiger charge is 2.34. The Morgan fingerprint density at radius 2 is 1.82 bits per heavy atom. The molecule has 144 valence electrons. The first-order chi connectivity index (χ1) is 13.5. The number of nitrogens with zero attached hydrogens (tertiary/aromatic N) is 2. The molecule has 4 rings (SSSR count). The van der Waals surface area contributed by atoms with E-state index in [4.69, 9.17) is 4.74 Å². The minimum atomic E-state index is -0.282. The van der Waals surface area contributed by atoms with Crippen LogP contribution < -0.4 is 10.1 Å². The lowest BCUT2D eigenvalue weighted by Crippen LogP contribution is -2.22. The molecule has 3 aromatic rings. The Bertz CT molecular complexity index is 1020. The Labute approximate surface area is 166 Å². The van der Waals surface area contributed by atoms with Gasteiger partial charge >= 0.3 is 0 Å². The average Bonchev–Trinajstić information content (AvgIpc) is 2.95. The van der Waals surface area contributed by atoms with Crippen molar-refractivity contribution < 1.29 is 13.9 Å². The second-order valence-corrected chi connectivity index (χ2v) is 8.11. The molecule has 2 atom stereocenters. The highest BCUT2D eigenvalue weighted by atomic mass is 32.2. The summed E-state index contributed by atoms with van der Waals surface area (Å²) in [4.78, 5) is 12.6. The molecule has 1 aliphatic heterocycles. The fraction of sp³-hybridized carbons (Fsp3) is 0.238. The number of halogens is 1. The number of methoxy groups -OCH3 is 1. The molecule has 1 N–H and O–H groups in total. The van der Waals surface area contributed by atoms with Crippen molar-refractivity contribution in [2.24, 2.45) is 0 Å². The van der Waals surface area contributed by atoms with E-state index in [9.17, 15) is 9.18 Å². The summed E-state index contributed by atoms with van der Waals surface area (Å²) >= 11 is 1.54. The minimum Gasteiger partial charge on any atom is -0.497 e. The second kappa shape index (κ2) is 7.31. The van der Waals surface area contributed by atoms with E-state index in [0.717, 1.165) is 28.3 Å². The van der Waals surface area contributed by atoms with Gasteiger partial charge in [0.05, 0.1) is 29.0 Å². The summed E-state index contributed by atoms with van der Waals surface area (Å²) in [5.41, 5.74) is 3.52. The predicted molar refractivity (Wildman–Crippen MR) is 109 cm³/mol. The van der Waals surface area contributed by atoms with Crippen LogP contribution in [-0.4, -0.2) is 28.0 Å². The highest BCUT2D eigenvalue weighted by Crippen LogP contribution is 2.46. The maximum absolute atomic E-state index is 13.4. The van der Waals surface area contributed by atoms with Crippen LogP contribution in [0.4, 0.5) is 10.2 Å². The average molecular weight is 397 g/mol. The van der Waals surface area contributed by atoms with Gasteiger partial charge in [-0.2, -0.15) is 5.10 Å². The zero-order valence-corrected chi connectivity index (χ0v) is 16.6. The molecular formula is C21H20FN3O2S. The van der Waals surface area contributed by atoms with E-state index >= 15 is 0 Å². The number of ether oxygens (including phenoxy) is 1. The van der Waals surface area contributed by atoms with Crippen molar-refractivity contribution in [3.05, 3.63) is 71.2 Å². The molecule has 1 aliphatic rings. The fourth-order valence-electron chi connectivity index (χ4n) is 3.32. The van der Waals surface area contributed by atoms with Gasteiger partial charge in [0.15, 0.2) is 0 Å². The van der Waals surface area contributed by atoms with Gasteiger partial charge in [0.2, 0.25) is 5.91 Å². The third-order valence-electron chi connectivity index (χ3n) is 4.81. The Morgan fingerprint density at radius 1 is 1.14 bits per heavy atom. The van der Waals surface area contributed by atoms with Crippen molar-refractivity contribution in [1.29, 1.82) is 0 Å². The SMILES string of the molecule is COc1ccc(-n2nc(C)c3c2NC(=O)[C@@H](C)S[C@H]3c2ccc(F)cc2)cc1. The van der Waals surface area contributed by atoms with E-state index in [1.165, 1.54) is 23.9 Å². The van der Waals surface area contributed by atoms with Crippen molar-refractivity contribution in [2.45, 2.75) is 24.3 Å². The van der Waals surface area contributed by atoms with Gasteiger partial charge in [-0.1, -0.05) is 12.1 Å². The number of hydrogen-bond donors (Lipinski definition) is 1. The third-order valence-corrected chi connectivity index (χ3v) is 6.21. The lowest BCUT2D eigenvalue weighted by molar-refractivity contribution is -0.115. The van der Waals surface area contributed by atoms with Crippen molar-refractivity contribution in [2.75, 3.05) is 12.4 Å². The van der Waals surface area contributed by atoms with E-state index in [0.29, 0.717) is 5.82 Å².